The maximum Gasteiger partial charge on any atom is 0.327 e. The van der Waals surface area contributed by atoms with Gasteiger partial charge in [0.25, 0.3) is 0 Å². The fraction of sp³-hybridized carbons (Fsp3) is 0.429. The van der Waals surface area contributed by atoms with Crippen LogP contribution < -0.4 is 0 Å². The van der Waals surface area contributed by atoms with Crippen LogP contribution in [0.5, 0.6) is 0 Å². The SMILES string of the molecule is C=C(C)C1=CC(C(=O)OC)(C(=O)OC)C/C1=C/C#CC1=CCCCC1. The van der Waals surface area contributed by atoms with Gasteiger partial charge in [-0.25, -0.2) is 0 Å². The normalized spacial score (nSPS) is 20.0. The van der Waals surface area contributed by atoms with E-state index >= 15 is 0 Å². The van der Waals surface area contributed by atoms with E-state index < -0.39 is 17.4 Å². The average molecular weight is 340 g/mol. The summed E-state index contributed by atoms with van der Waals surface area (Å²) in [6.07, 6.45) is 10.2. The number of carbonyl (C=O) groups excluding carboxylic acids is 2. The molecule has 0 bridgehead atoms. The molecule has 2 rings (SSSR count). The molecule has 0 aliphatic heterocycles. The van der Waals surface area contributed by atoms with Crippen molar-refractivity contribution in [3.63, 3.8) is 0 Å². The van der Waals surface area contributed by atoms with Gasteiger partial charge in [-0.05, 0) is 61.5 Å². The minimum atomic E-state index is -1.46. The second-order valence-electron chi connectivity index (χ2n) is 6.38. The smallest absolute Gasteiger partial charge is 0.327 e. The molecule has 0 aromatic rings. The molecular weight excluding hydrogens is 316 g/mol. The molecule has 25 heavy (non-hydrogen) atoms. The van der Waals surface area contributed by atoms with Crippen LogP contribution in [-0.4, -0.2) is 26.2 Å². The number of ether oxygens (including phenoxy) is 2. The zero-order chi connectivity index (χ0) is 18.4. The molecule has 0 radical (unpaired) electrons. The van der Waals surface area contributed by atoms with E-state index in [2.05, 4.69) is 24.5 Å². The first kappa shape index (κ1) is 18.8. The Balaban J connectivity index is 2.38. The Hall–Kier alpha value is -2.54. The lowest BCUT2D eigenvalue weighted by molar-refractivity contribution is -0.164. The molecule has 0 aromatic carbocycles. The van der Waals surface area contributed by atoms with E-state index in [4.69, 9.17) is 9.47 Å². The van der Waals surface area contributed by atoms with Gasteiger partial charge in [0.15, 0.2) is 5.41 Å². The Bertz CT molecular complexity index is 722. The molecule has 0 aromatic heterocycles. The van der Waals surface area contributed by atoms with Crippen molar-refractivity contribution in [2.75, 3.05) is 14.2 Å². The molecule has 2 aliphatic rings. The topological polar surface area (TPSA) is 52.6 Å². The number of allylic oxidation sites excluding steroid dienone is 6. The summed E-state index contributed by atoms with van der Waals surface area (Å²) in [5, 5.41) is 0. The molecule has 0 N–H and O–H groups in total. The number of rotatable bonds is 3. The summed E-state index contributed by atoms with van der Waals surface area (Å²) in [4.78, 5) is 24.6. The monoisotopic (exact) mass is 340 g/mol. The summed E-state index contributed by atoms with van der Waals surface area (Å²) < 4.78 is 9.70. The first-order chi connectivity index (χ1) is 11.9. The predicted octanol–water partition coefficient (Wildman–Crippen LogP) is 3.66. The van der Waals surface area contributed by atoms with Crippen LogP contribution in [0.3, 0.4) is 0 Å². The maximum atomic E-state index is 12.3. The molecule has 0 saturated heterocycles. The fourth-order valence-electron chi connectivity index (χ4n) is 3.19. The number of esters is 2. The predicted molar refractivity (Wildman–Crippen MR) is 96.4 cm³/mol. The molecule has 0 unspecified atom stereocenters. The van der Waals surface area contributed by atoms with Crippen LogP contribution in [0.15, 0.2) is 47.1 Å². The van der Waals surface area contributed by atoms with E-state index in [0.717, 1.165) is 35.1 Å². The third kappa shape index (κ3) is 3.93. The Morgan fingerprint density at radius 2 is 1.92 bits per heavy atom. The summed E-state index contributed by atoms with van der Waals surface area (Å²) in [7, 11) is 2.52. The first-order valence-corrected chi connectivity index (χ1v) is 8.40. The molecule has 0 heterocycles. The Morgan fingerprint density at radius 1 is 1.24 bits per heavy atom. The summed E-state index contributed by atoms with van der Waals surface area (Å²) in [5.41, 5.74) is 2.00. The maximum absolute atomic E-state index is 12.3. The van der Waals surface area contributed by atoms with Crippen LogP contribution in [0.2, 0.25) is 0 Å². The third-order valence-corrected chi connectivity index (χ3v) is 4.54. The summed E-state index contributed by atoms with van der Waals surface area (Å²) >= 11 is 0. The van der Waals surface area contributed by atoms with Gasteiger partial charge < -0.3 is 9.47 Å². The van der Waals surface area contributed by atoms with E-state index in [-0.39, 0.29) is 6.42 Å². The van der Waals surface area contributed by atoms with Crippen molar-refractivity contribution >= 4 is 11.9 Å². The van der Waals surface area contributed by atoms with Gasteiger partial charge in [-0.2, -0.15) is 0 Å². The molecule has 2 aliphatic carbocycles. The van der Waals surface area contributed by atoms with Crippen molar-refractivity contribution < 1.29 is 19.1 Å². The Kier molecular flexibility index (Phi) is 6.03. The zero-order valence-corrected chi connectivity index (χ0v) is 15.1. The molecule has 0 spiro atoms. The lowest BCUT2D eigenvalue weighted by atomic mass is 9.86. The van der Waals surface area contributed by atoms with E-state index in [1.54, 1.807) is 12.2 Å². The van der Waals surface area contributed by atoms with Crippen LogP contribution in [0, 0.1) is 17.3 Å². The average Bonchev–Trinajstić information content (AvgIpc) is 3.02. The van der Waals surface area contributed by atoms with Crippen molar-refractivity contribution in [2.24, 2.45) is 5.41 Å². The van der Waals surface area contributed by atoms with Crippen molar-refractivity contribution in [2.45, 2.75) is 39.0 Å². The Labute approximate surface area is 149 Å². The van der Waals surface area contributed by atoms with Crippen LogP contribution in [0.25, 0.3) is 0 Å². The molecule has 0 fully saturated rings. The first-order valence-electron chi connectivity index (χ1n) is 8.40. The van der Waals surface area contributed by atoms with E-state index in [9.17, 15) is 9.59 Å². The van der Waals surface area contributed by atoms with E-state index in [1.807, 2.05) is 6.92 Å². The van der Waals surface area contributed by atoms with Gasteiger partial charge in [0.2, 0.25) is 0 Å². The highest BCUT2D eigenvalue weighted by Gasteiger charge is 2.51. The highest BCUT2D eigenvalue weighted by Crippen LogP contribution is 2.44. The van der Waals surface area contributed by atoms with Gasteiger partial charge in [0.1, 0.15) is 0 Å². The highest BCUT2D eigenvalue weighted by molar-refractivity contribution is 6.04. The number of hydrogen-bond acceptors (Lipinski definition) is 4. The van der Waals surface area contributed by atoms with Crippen molar-refractivity contribution in [3.05, 3.63) is 47.1 Å². The minimum absolute atomic E-state index is 0.169. The summed E-state index contributed by atoms with van der Waals surface area (Å²) in [6, 6.07) is 0. The quantitative estimate of drug-likeness (QED) is 0.447. The van der Waals surface area contributed by atoms with Crippen LogP contribution in [0.1, 0.15) is 39.0 Å². The molecule has 0 saturated carbocycles. The zero-order valence-electron chi connectivity index (χ0n) is 15.1. The molecule has 0 amide bonds. The largest absolute Gasteiger partial charge is 0.468 e. The lowest BCUT2D eigenvalue weighted by Crippen LogP contribution is -2.38. The van der Waals surface area contributed by atoms with Gasteiger partial charge in [0.05, 0.1) is 14.2 Å². The molecular formula is C21H24O4. The van der Waals surface area contributed by atoms with E-state index in [0.29, 0.717) is 0 Å². The van der Waals surface area contributed by atoms with Gasteiger partial charge >= 0.3 is 11.9 Å². The van der Waals surface area contributed by atoms with Crippen molar-refractivity contribution in [1.29, 1.82) is 0 Å². The number of methoxy groups -OCH3 is 2. The van der Waals surface area contributed by atoms with Crippen molar-refractivity contribution in [3.8, 4) is 11.8 Å². The van der Waals surface area contributed by atoms with E-state index in [1.165, 1.54) is 27.1 Å². The molecule has 0 atom stereocenters. The Morgan fingerprint density at radius 3 is 2.44 bits per heavy atom. The number of hydrogen-bond donors (Lipinski definition) is 0. The van der Waals surface area contributed by atoms with Gasteiger partial charge in [-0.1, -0.05) is 30.1 Å². The van der Waals surface area contributed by atoms with Crippen LogP contribution in [0.4, 0.5) is 0 Å². The standard InChI is InChI=1S/C21H24O4/c1-15(2)18-14-21(19(22)24-3,20(23)25-4)13-17(18)12-8-11-16-9-6-5-7-10-16/h9,12,14H,1,5-7,10,13H2,2-4H3/b17-12-. The van der Waals surface area contributed by atoms with Crippen LogP contribution in [-0.2, 0) is 19.1 Å². The molecule has 4 heteroatoms. The van der Waals surface area contributed by atoms with Gasteiger partial charge in [-0.3, -0.25) is 9.59 Å². The fourth-order valence-corrected chi connectivity index (χ4v) is 3.19. The molecule has 4 nitrogen and oxygen atoms in total. The lowest BCUT2D eigenvalue weighted by Gasteiger charge is -2.20. The van der Waals surface area contributed by atoms with Crippen molar-refractivity contribution in [1.82, 2.24) is 0 Å². The van der Waals surface area contributed by atoms with Gasteiger partial charge in [0, 0.05) is 6.42 Å². The minimum Gasteiger partial charge on any atom is -0.468 e. The second-order valence-corrected chi connectivity index (χ2v) is 6.38. The van der Waals surface area contributed by atoms with Crippen LogP contribution >= 0.6 is 0 Å². The molecule has 132 valence electrons. The summed E-state index contributed by atoms with van der Waals surface area (Å²) in [6.45, 7) is 5.78. The summed E-state index contributed by atoms with van der Waals surface area (Å²) in [5.74, 6) is 4.96. The third-order valence-electron chi connectivity index (χ3n) is 4.54. The van der Waals surface area contributed by atoms with Gasteiger partial charge in [-0.15, -0.1) is 0 Å². The number of carbonyl (C=O) groups is 2. The highest BCUT2D eigenvalue weighted by atomic mass is 16.5. The second kappa shape index (κ2) is 8.02.